The van der Waals surface area contributed by atoms with Crippen LogP contribution in [0.1, 0.15) is 42.2 Å². The molecule has 3 aromatic rings. The van der Waals surface area contributed by atoms with Gasteiger partial charge in [0.1, 0.15) is 0 Å². The van der Waals surface area contributed by atoms with Crippen LogP contribution in [0.3, 0.4) is 0 Å². The lowest BCUT2D eigenvalue weighted by atomic mass is 9.96. The first-order valence-corrected chi connectivity index (χ1v) is 10.9. The number of anilines is 1. The molecule has 1 N–H and O–H groups in total. The summed E-state index contributed by atoms with van der Waals surface area (Å²) in [5.74, 6) is 0.582. The van der Waals surface area contributed by atoms with Gasteiger partial charge < -0.3 is 10.2 Å². The molecule has 0 unspecified atom stereocenters. The lowest BCUT2D eigenvalue weighted by Gasteiger charge is -2.32. The second kappa shape index (κ2) is 8.73. The Morgan fingerprint density at radius 2 is 2.00 bits per heavy atom. The van der Waals surface area contributed by atoms with Gasteiger partial charge in [-0.15, -0.1) is 5.10 Å². The van der Waals surface area contributed by atoms with E-state index in [1.807, 2.05) is 35.2 Å². The van der Waals surface area contributed by atoms with Gasteiger partial charge in [-0.2, -0.15) is 4.52 Å². The van der Waals surface area contributed by atoms with Gasteiger partial charge in [0.05, 0.1) is 0 Å². The maximum absolute atomic E-state index is 12.6. The molecule has 4 rings (SSSR count). The summed E-state index contributed by atoms with van der Waals surface area (Å²) in [4.78, 5) is 31.9. The van der Waals surface area contributed by atoms with E-state index in [4.69, 9.17) is 0 Å². The number of nitrogens with zero attached hydrogens (tertiary/aromatic N) is 4. The van der Waals surface area contributed by atoms with E-state index < -0.39 is 0 Å². The SMILES string of the molecule is CCCc1cc(=O)n2nc(NCC3CCN(C(=O)c4ccccc4)CC3)sc2n1. The maximum Gasteiger partial charge on any atom is 0.275 e. The van der Waals surface area contributed by atoms with Crippen molar-refractivity contribution in [1.29, 1.82) is 0 Å². The quantitative estimate of drug-likeness (QED) is 0.674. The minimum Gasteiger partial charge on any atom is -0.360 e. The molecule has 29 heavy (non-hydrogen) atoms. The zero-order valence-electron chi connectivity index (χ0n) is 16.5. The Hall–Kier alpha value is -2.74. The largest absolute Gasteiger partial charge is 0.360 e. The summed E-state index contributed by atoms with van der Waals surface area (Å²) in [6.45, 7) is 4.38. The van der Waals surface area contributed by atoms with Crippen molar-refractivity contribution in [3.8, 4) is 0 Å². The normalized spacial score (nSPS) is 15.0. The summed E-state index contributed by atoms with van der Waals surface area (Å²) in [6.07, 6.45) is 3.66. The van der Waals surface area contributed by atoms with Crippen molar-refractivity contribution in [3.05, 3.63) is 58.0 Å². The first kappa shape index (κ1) is 19.6. The molecule has 0 aliphatic carbocycles. The molecular formula is C21H25N5O2S. The predicted molar refractivity (Wildman–Crippen MR) is 115 cm³/mol. The molecule has 0 atom stereocenters. The third kappa shape index (κ3) is 4.48. The van der Waals surface area contributed by atoms with Crippen LogP contribution in [0, 0.1) is 5.92 Å². The molecule has 0 saturated carbocycles. The number of fused-ring (bicyclic) bond motifs is 1. The topological polar surface area (TPSA) is 79.6 Å². The molecule has 1 aromatic carbocycles. The molecular weight excluding hydrogens is 386 g/mol. The average Bonchev–Trinajstić information content (AvgIpc) is 3.17. The third-order valence-electron chi connectivity index (χ3n) is 5.27. The van der Waals surface area contributed by atoms with Crippen LogP contribution in [0.5, 0.6) is 0 Å². The van der Waals surface area contributed by atoms with Gasteiger partial charge in [-0.25, -0.2) is 4.98 Å². The standard InChI is InChI=1S/C21H25N5O2S/c1-2-6-17-13-18(27)26-21(23-17)29-20(24-26)22-14-15-9-11-25(12-10-15)19(28)16-7-4-3-5-8-16/h3-5,7-8,13,15H,2,6,9-12,14H2,1H3,(H,22,24). The van der Waals surface area contributed by atoms with Crippen molar-refractivity contribution in [2.75, 3.05) is 25.0 Å². The van der Waals surface area contributed by atoms with Crippen LogP contribution in [0.2, 0.25) is 0 Å². The van der Waals surface area contributed by atoms with Crippen molar-refractivity contribution in [1.82, 2.24) is 19.5 Å². The Kier molecular flexibility index (Phi) is 5.89. The Bertz CT molecular complexity index is 1040. The molecule has 3 heterocycles. The van der Waals surface area contributed by atoms with Crippen LogP contribution in [0.25, 0.3) is 4.96 Å². The zero-order valence-corrected chi connectivity index (χ0v) is 17.3. The summed E-state index contributed by atoms with van der Waals surface area (Å²) in [5.41, 5.74) is 1.44. The molecule has 1 fully saturated rings. The number of amides is 1. The highest BCUT2D eigenvalue weighted by molar-refractivity contribution is 7.20. The number of aromatic nitrogens is 3. The van der Waals surface area contributed by atoms with Crippen LogP contribution < -0.4 is 10.9 Å². The van der Waals surface area contributed by atoms with E-state index in [0.29, 0.717) is 16.0 Å². The average molecular weight is 412 g/mol. The van der Waals surface area contributed by atoms with E-state index in [-0.39, 0.29) is 11.5 Å². The highest BCUT2D eigenvalue weighted by Gasteiger charge is 2.23. The molecule has 1 amide bonds. The number of carbonyl (C=O) groups is 1. The second-order valence-electron chi connectivity index (χ2n) is 7.42. The monoisotopic (exact) mass is 411 g/mol. The molecule has 2 aromatic heterocycles. The number of hydrogen-bond donors (Lipinski definition) is 1. The molecule has 0 spiro atoms. The fraction of sp³-hybridized carbons (Fsp3) is 0.429. The van der Waals surface area contributed by atoms with Gasteiger partial charge in [-0.3, -0.25) is 9.59 Å². The number of carbonyl (C=O) groups excluding carboxylic acids is 1. The van der Waals surface area contributed by atoms with Crippen molar-refractivity contribution in [3.63, 3.8) is 0 Å². The van der Waals surface area contributed by atoms with Crippen molar-refractivity contribution >= 4 is 27.3 Å². The molecule has 1 saturated heterocycles. The summed E-state index contributed by atoms with van der Waals surface area (Å²) >= 11 is 1.41. The predicted octanol–water partition coefficient (Wildman–Crippen LogP) is 3.07. The van der Waals surface area contributed by atoms with E-state index in [1.165, 1.54) is 15.9 Å². The van der Waals surface area contributed by atoms with Crippen LogP contribution >= 0.6 is 11.3 Å². The molecule has 1 aliphatic heterocycles. The fourth-order valence-electron chi connectivity index (χ4n) is 3.65. The van der Waals surface area contributed by atoms with Crippen LogP contribution in [-0.4, -0.2) is 45.0 Å². The second-order valence-corrected chi connectivity index (χ2v) is 8.38. The van der Waals surface area contributed by atoms with Gasteiger partial charge in [0.2, 0.25) is 10.1 Å². The van der Waals surface area contributed by atoms with Crippen LogP contribution in [-0.2, 0) is 6.42 Å². The zero-order chi connectivity index (χ0) is 20.2. The maximum atomic E-state index is 12.6. The summed E-state index contributed by atoms with van der Waals surface area (Å²) in [6, 6.07) is 11.0. The smallest absolute Gasteiger partial charge is 0.275 e. The molecule has 7 nitrogen and oxygen atoms in total. The first-order chi connectivity index (χ1) is 14.1. The van der Waals surface area contributed by atoms with Gasteiger partial charge in [0.15, 0.2) is 0 Å². The van der Waals surface area contributed by atoms with Gasteiger partial charge in [-0.1, -0.05) is 42.9 Å². The summed E-state index contributed by atoms with van der Waals surface area (Å²) in [5, 5.41) is 8.44. The number of rotatable bonds is 6. The highest BCUT2D eigenvalue weighted by atomic mass is 32.1. The lowest BCUT2D eigenvalue weighted by molar-refractivity contribution is 0.0695. The molecule has 8 heteroatoms. The number of benzene rings is 1. The number of likely N-dealkylation sites (tertiary alicyclic amines) is 1. The van der Waals surface area contributed by atoms with Gasteiger partial charge in [0.25, 0.3) is 11.5 Å². The van der Waals surface area contributed by atoms with Gasteiger partial charge in [-0.05, 0) is 37.3 Å². The number of nitrogens with one attached hydrogen (secondary N) is 1. The van der Waals surface area contributed by atoms with Crippen molar-refractivity contribution in [2.45, 2.75) is 32.6 Å². The van der Waals surface area contributed by atoms with E-state index >= 15 is 0 Å². The number of aryl methyl sites for hydroxylation is 1. The number of hydrogen-bond acceptors (Lipinski definition) is 6. The summed E-state index contributed by atoms with van der Waals surface area (Å²) in [7, 11) is 0. The Morgan fingerprint density at radius 1 is 1.24 bits per heavy atom. The Labute approximate surface area is 173 Å². The molecule has 1 aliphatic rings. The number of piperidine rings is 1. The molecule has 0 radical (unpaired) electrons. The van der Waals surface area contributed by atoms with Crippen LogP contribution in [0.4, 0.5) is 5.13 Å². The highest BCUT2D eigenvalue weighted by Crippen LogP contribution is 2.22. The minimum atomic E-state index is -0.129. The summed E-state index contributed by atoms with van der Waals surface area (Å²) < 4.78 is 1.37. The minimum absolute atomic E-state index is 0.108. The van der Waals surface area contributed by atoms with Gasteiger partial charge >= 0.3 is 0 Å². The third-order valence-corrected chi connectivity index (χ3v) is 6.13. The van der Waals surface area contributed by atoms with E-state index in [0.717, 1.165) is 56.6 Å². The van der Waals surface area contributed by atoms with Crippen molar-refractivity contribution in [2.24, 2.45) is 5.92 Å². The molecule has 152 valence electrons. The van der Waals surface area contributed by atoms with Crippen LogP contribution in [0.15, 0.2) is 41.2 Å². The Morgan fingerprint density at radius 3 is 2.72 bits per heavy atom. The van der Waals surface area contributed by atoms with E-state index in [2.05, 4.69) is 22.3 Å². The Balaban J connectivity index is 1.33. The molecule has 0 bridgehead atoms. The van der Waals surface area contributed by atoms with Gasteiger partial charge in [0, 0.05) is 37.0 Å². The van der Waals surface area contributed by atoms with E-state index in [1.54, 1.807) is 6.07 Å². The lowest BCUT2D eigenvalue weighted by Crippen LogP contribution is -2.39. The fourth-order valence-corrected chi connectivity index (χ4v) is 4.48. The van der Waals surface area contributed by atoms with E-state index in [9.17, 15) is 9.59 Å². The first-order valence-electron chi connectivity index (χ1n) is 10.1. The van der Waals surface area contributed by atoms with Crippen molar-refractivity contribution < 1.29 is 4.79 Å².